The molecule has 1 saturated heterocycles. The summed E-state index contributed by atoms with van der Waals surface area (Å²) in [7, 11) is 0. The number of aldehydes is 1. The summed E-state index contributed by atoms with van der Waals surface area (Å²) in [5.41, 5.74) is 5.45. The van der Waals surface area contributed by atoms with Crippen LogP contribution in [0.15, 0.2) is 6.07 Å². The van der Waals surface area contributed by atoms with E-state index in [1.54, 1.807) is 0 Å². The van der Waals surface area contributed by atoms with Crippen LogP contribution in [0.25, 0.3) is 0 Å². The van der Waals surface area contributed by atoms with Gasteiger partial charge in [-0.25, -0.2) is 0 Å². The molecule has 104 valence electrons. The first-order valence-electron chi connectivity index (χ1n) is 6.98. The fraction of sp³-hybridized carbons (Fsp3) is 0.562. The first kappa shape index (κ1) is 14.2. The van der Waals surface area contributed by atoms with Gasteiger partial charge in [0, 0.05) is 18.2 Å². The molecule has 0 radical (unpaired) electrons. The summed E-state index contributed by atoms with van der Waals surface area (Å²) in [5.74, 6) is 0. The van der Waals surface area contributed by atoms with E-state index in [9.17, 15) is 9.90 Å². The summed E-state index contributed by atoms with van der Waals surface area (Å²) < 4.78 is 0. The van der Waals surface area contributed by atoms with Gasteiger partial charge in [-0.3, -0.25) is 9.69 Å². The summed E-state index contributed by atoms with van der Waals surface area (Å²) in [6.45, 7) is 8.22. The molecule has 1 atom stereocenters. The molecule has 1 aliphatic rings. The number of rotatable bonds is 4. The molecule has 1 N–H and O–H groups in total. The molecule has 1 fully saturated rings. The minimum absolute atomic E-state index is 0.227. The van der Waals surface area contributed by atoms with Crippen LogP contribution in [-0.4, -0.2) is 35.5 Å². The zero-order valence-corrected chi connectivity index (χ0v) is 12.1. The van der Waals surface area contributed by atoms with E-state index in [0.29, 0.717) is 0 Å². The largest absolute Gasteiger partial charge is 0.395 e. The predicted molar refractivity (Wildman–Crippen MR) is 76.6 cm³/mol. The molecule has 0 saturated carbocycles. The fourth-order valence-electron chi connectivity index (χ4n) is 3.18. The second kappa shape index (κ2) is 5.85. The molecule has 0 spiro atoms. The van der Waals surface area contributed by atoms with Gasteiger partial charge in [-0.15, -0.1) is 0 Å². The quantitative estimate of drug-likeness (QED) is 0.846. The van der Waals surface area contributed by atoms with E-state index in [-0.39, 0.29) is 12.6 Å². The van der Waals surface area contributed by atoms with E-state index in [0.717, 1.165) is 48.9 Å². The standard InChI is InChI=1S/C16H23NO2/c1-11-7-12(2)16(10-19)13(3)15(11)8-17-6-4-5-14(17)9-18/h7,10,14,18H,4-6,8-9H2,1-3H3/t14-/m0/s1. The number of hydrogen-bond acceptors (Lipinski definition) is 3. The van der Waals surface area contributed by atoms with Crippen molar-refractivity contribution in [3.63, 3.8) is 0 Å². The van der Waals surface area contributed by atoms with E-state index in [4.69, 9.17) is 0 Å². The molecular formula is C16H23NO2. The number of carbonyl (C=O) groups excluding carboxylic acids is 1. The number of likely N-dealkylation sites (tertiary alicyclic amines) is 1. The monoisotopic (exact) mass is 261 g/mol. The van der Waals surface area contributed by atoms with Gasteiger partial charge in [-0.2, -0.15) is 0 Å². The summed E-state index contributed by atoms with van der Waals surface area (Å²) in [6.07, 6.45) is 3.18. The Balaban J connectivity index is 2.32. The number of aryl methyl sites for hydroxylation is 2. The highest BCUT2D eigenvalue weighted by atomic mass is 16.3. The van der Waals surface area contributed by atoms with Crippen molar-refractivity contribution in [3.8, 4) is 0 Å². The molecule has 3 nitrogen and oxygen atoms in total. The van der Waals surface area contributed by atoms with Crippen LogP contribution in [0.4, 0.5) is 0 Å². The van der Waals surface area contributed by atoms with Crippen molar-refractivity contribution in [2.75, 3.05) is 13.2 Å². The van der Waals surface area contributed by atoms with Crippen LogP contribution in [0.1, 0.15) is 45.5 Å². The Morgan fingerprint density at radius 1 is 1.37 bits per heavy atom. The minimum atomic E-state index is 0.227. The SMILES string of the molecule is Cc1cc(C)c(CN2CCC[C@H]2CO)c(C)c1C=O. The number of nitrogens with zero attached hydrogens (tertiary/aromatic N) is 1. The normalized spacial score (nSPS) is 19.9. The third kappa shape index (κ3) is 2.72. The van der Waals surface area contributed by atoms with E-state index in [1.165, 1.54) is 11.1 Å². The van der Waals surface area contributed by atoms with Gasteiger partial charge in [0.25, 0.3) is 0 Å². The number of aliphatic hydroxyl groups excluding tert-OH is 1. The topological polar surface area (TPSA) is 40.5 Å². The molecule has 1 aliphatic heterocycles. The third-order valence-corrected chi connectivity index (χ3v) is 4.38. The lowest BCUT2D eigenvalue weighted by Crippen LogP contribution is -2.32. The first-order chi connectivity index (χ1) is 9.08. The number of carbonyl (C=O) groups is 1. The molecule has 1 aromatic carbocycles. The maximum absolute atomic E-state index is 11.2. The highest BCUT2D eigenvalue weighted by Crippen LogP contribution is 2.26. The molecule has 0 amide bonds. The first-order valence-corrected chi connectivity index (χ1v) is 6.98. The van der Waals surface area contributed by atoms with Gasteiger partial charge in [0.1, 0.15) is 0 Å². The van der Waals surface area contributed by atoms with Gasteiger partial charge in [0.15, 0.2) is 6.29 Å². The van der Waals surface area contributed by atoms with Crippen molar-refractivity contribution in [2.24, 2.45) is 0 Å². The Hall–Kier alpha value is -1.19. The molecule has 0 aliphatic carbocycles. The molecular weight excluding hydrogens is 238 g/mol. The molecule has 2 rings (SSSR count). The van der Waals surface area contributed by atoms with Crippen LogP contribution in [0, 0.1) is 20.8 Å². The summed E-state index contributed by atoms with van der Waals surface area (Å²) in [6, 6.07) is 2.37. The van der Waals surface area contributed by atoms with Gasteiger partial charge >= 0.3 is 0 Å². The van der Waals surface area contributed by atoms with Gasteiger partial charge in [-0.1, -0.05) is 6.07 Å². The Labute approximate surface area is 115 Å². The van der Waals surface area contributed by atoms with Crippen molar-refractivity contribution in [2.45, 2.75) is 46.2 Å². The molecule has 0 bridgehead atoms. The summed E-state index contributed by atoms with van der Waals surface area (Å²) >= 11 is 0. The Morgan fingerprint density at radius 2 is 2.11 bits per heavy atom. The molecule has 3 heteroatoms. The van der Waals surface area contributed by atoms with E-state index >= 15 is 0 Å². The lowest BCUT2D eigenvalue weighted by Gasteiger charge is -2.25. The van der Waals surface area contributed by atoms with Crippen LogP contribution < -0.4 is 0 Å². The second-order valence-corrected chi connectivity index (χ2v) is 5.59. The Bertz CT molecular complexity index is 482. The van der Waals surface area contributed by atoms with Crippen molar-refractivity contribution in [1.29, 1.82) is 0 Å². The van der Waals surface area contributed by atoms with Crippen LogP contribution in [0.3, 0.4) is 0 Å². The Morgan fingerprint density at radius 3 is 2.74 bits per heavy atom. The molecule has 1 aromatic rings. The zero-order valence-electron chi connectivity index (χ0n) is 12.1. The number of aliphatic hydroxyl groups is 1. The fourth-order valence-corrected chi connectivity index (χ4v) is 3.18. The maximum Gasteiger partial charge on any atom is 0.150 e. The molecule has 0 unspecified atom stereocenters. The van der Waals surface area contributed by atoms with E-state index in [1.807, 2.05) is 13.8 Å². The van der Waals surface area contributed by atoms with Gasteiger partial charge in [0.05, 0.1) is 6.61 Å². The van der Waals surface area contributed by atoms with Crippen molar-refractivity contribution in [1.82, 2.24) is 4.90 Å². The number of hydrogen-bond donors (Lipinski definition) is 1. The lowest BCUT2D eigenvalue weighted by molar-refractivity contribution is 0.112. The molecule has 0 aromatic heterocycles. The molecule has 19 heavy (non-hydrogen) atoms. The van der Waals surface area contributed by atoms with Crippen LogP contribution >= 0.6 is 0 Å². The Kier molecular flexibility index (Phi) is 4.38. The highest BCUT2D eigenvalue weighted by molar-refractivity contribution is 5.80. The van der Waals surface area contributed by atoms with E-state index in [2.05, 4.69) is 17.9 Å². The minimum Gasteiger partial charge on any atom is -0.395 e. The van der Waals surface area contributed by atoms with Crippen LogP contribution in [-0.2, 0) is 6.54 Å². The van der Waals surface area contributed by atoms with Crippen molar-refractivity contribution < 1.29 is 9.90 Å². The lowest BCUT2D eigenvalue weighted by atomic mass is 9.93. The predicted octanol–water partition coefficient (Wildman–Crippen LogP) is 2.38. The summed E-state index contributed by atoms with van der Waals surface area (Å²) in [5, 5.41) is 9.40. The third-order valence-electron chi connectivity index (χ3n) is 4.38. The van der Waals surface area contributed by atoms with Crippen molar-refractivity contribution >= 4 is 6.29 Å². The maximum atomic E-state index is 11.2. The second-order valence-electron chi connectivity index (χ2n) is 5.59. The van der Waals surface area contributed by atoms with E-state index < -0.39 is 0 Å². The zero-order chi connectivity index (χ0) is 14.0. The van der Waals surface area contributed by atoms with Crippen molar-refractivity contribution in [3.05, 3.63) is 33.9 Å². The highest BCUT2D eigenvalue weighted by Gasteiger charge is 2.25. The smallest absolute Gasteiger partial charge is 0.150 e. The van der Waals surface area contributed by atoms with Gasteiger partial charge in [0.2, 0.25) is 0 Å². The average Bonchev–Trinajstić information content (AvgIpc) is 2.82. The number of benzene rings is 1. The summed E-state index contributed by atoms with van der Waals surface area (Å²) in [4.78, 5) is 13.5. The van der Waals surface area contributed by atoms with Crippen LogP contribution in [0.2, 0.25) is 0 Å². The van der Waals surface area contributed by atoms with Crippen LogP contribution in [0.5, 0.6) is 0 Å². The molecule has 1 heterocycles. The average molecular weight is 261 g/mol. The van der Waals surface area contributed by atoms with Gasteiger partial charge < -0.3 is 5.11 Å². The van der Waals surface area contributed by atoms with Gasteiger partial charge in [-0.05, 0) is 62.4 Å².